The van der Waals surface area contributed by atoms with Crippen LogP contribution in [0.3, 0.4) is 0 Å². The van der Waals surface area contributed by atoms with E-state index in [1.807, 2.05) is 16.7 Å². The van der Waals surface area contributed by atoms with Crippen LogP contribution in [0, 0.1) is 5.92 Å². The van der Waals surface area contributed by atoms with Crippen molar-refractivity contribution in [1.82, 2.24) is 14.5 Å². The lowest BCUT2D eigenvalue weighted by molar-refractivity contribution is 0.377. The number of rotatable bonds is 4. The highest BCUT2D eigenvalue weighted by Gasteiger charge is 2.24. The summed E-state index contributed by atoms with van der Waals surface area (Å²) in [7, 11) is -4.41. The molecule has 0 aliphatic rings. The number of fused-ring (bicyclic) bond motifs is 1. The third-order valence-corrected chi connectivity index (χ3v) is 3.99. The molecule has 0 saturated carbocycles. The summed E-state index contributed by atoms with van der Waals surface area (Å²) >= 11 is 0. The maximum absolute atomic E-state index is 11.3. The van der Waals surface area contributed by atoms with Crippen LogP contribution in [-0.4, -0.2) is 24.3 Å². The molecule has 7 nitrogen and oxygen atoms in total. The molecule has 0 saturated heterocycles. The molecule has 3 rings (SSSR count). The van der Waals surface area contributed by atoms with Crippen molar-refractivity contribution in [3.05, 3.63) is 30.5 Å². The summed E-state index contributed by atoms with van der Waals surface area (Å²) in [5.74, 6) is 1.20. The standard InChI is InChI=1S/C14H16N3O4P/c1-9(2)8-17-10-4-3-7-15-13(10)16-14(17)11-5-6-12(21-11)22(18,19)20/h3-7,9H,8H2,1-2H3,(H2,18,19,20). The van der Waals surface area contributed by atoms with E-state index in [9.17, 15) is 14.4 Å². The number of aromatic nitrogens is 3. The van der Waals surface area contributed by atoms with E-state index in [4.69, 9.17) is 4.42 Å². The number of pyridine rings is 1. The number of furan rings is 1. The van der Waals surface area contributed by atoms with Crippen LogP contribution in [0.5, 0.6) is 0 Å². The number of hydrogen-bond donors (Lipinski definition) is 2. The number of hydrogen-bond acceptors (Lipinski definition) is 4. The van der Waals surface area contributed by atoms with Gasteiger partial charge in [0.15, 0.2) is 17.2 Å². The molecule has 0 radical (unpaired) electrons. The smallest absolute Gasteiger partial charge is 0.391 e. The van der Waals surface area contributed by atoms with Crippen LogP contribution >= 0.6 is 7.60 Å². The molecule has 0 atom stereocenters. The Bertz CT molecular complexity index is 862. The largest absolute Gasteiger partial charge is 0.445 e. The van der Waals surface area contributed by atoms with Crippen molar-refractivity contribution in [2.75, 3.05) is 0 Å². The number of nitrogens with zero attached hydrogens (tertiary/aromatic N) is 3. The summed E-state index contributed by atoms with van der Waals surface area (Å²) in [5.41, 5.74) is 1.08. The lowest BCUT2D eigenvalue weighted by Crippen LogP contribution is -2.06. The molecule has 0 aliphatic heterocycles. The van der Waals surface area contributed by atoms with Crippen molar-refractivity contribution in [3.8, 4) is 11.6 Å². The molecule has 3 aromatic heterocycles. The lowest BCUT2D eigenvalue weighted by Gasteiger charge is -2.10. The first-order valence-electron chi connectivity index (χ1n) is 6.84. The van der Waals surface area contributed by atoms with Gasteiger partial charge in [-0.05, 0) is 30.2 Å². The van der Waals surface area contributed by atoms with Crippen molar-refractivity contribution < 1.29 is 18.8 Å². The van der Waals surface area contributed by atoms with E-state index in [2.05, 4.69) is 23.8 Å². The molecular weight excluding hydrogens is 305 g/mol. The summed E-state index contributed by atoms with van der Waals surface area (Å²) in [4.78, 5) is 27.0. The first kappa shape index (κ1) is 15.0. The Hall–Kier alpha value is -1.95. The Labute approximate surface area is 126 Å². The van der Waals surface area contributed by atoms with Gasteiger partial charge in [0.05, 0.1) is 5.52 Å². The fourth-order valence-electron chi connectivity index (χ4n) is 2.30. The van der Waals surface area contributed by atoms with E-state index in [1.165, 1.54) is 12.1 Å². The van der Waals surface area contributed by atoms with Crippen LogP contribution in [0.25, 0.3) is 22.7 Å². The lowest BCUT2D eigenvalue weighted by atomic mass is 10.2. The van der Waals surface area contributed by atoms with E-state index in [0.29, 0.717) is 29.7 Å². The maximum Gasteiger partial charge on any atom is 0.391 e. The zero-order valence-corrected chi connectivity index (χ0v) is 13.1. The van der Waals surface area contributed by atoms with Gasteiger partial charge in [-0.25, -0.2) is 9.97 Å². The quantitative estimate of drug-likeness (QED) is 0.714. The van der Waals surface area contributed by atoms with Gasteiger partial charge in [0.1, 0.15) is 0 Å². The minimum Gasteiger partial charge on any atom is -0.445 e. The Morgan fingerprint density at radius 3 is 2.73 bits per heavy atom. The van der Waals surface area contributed by atoms with Crippen molar-refractivity contribution in [3.63, 3.8) is 0 Å². The minimum absolute atomic E-state index is 0.317. The molecule has 0 bridgehead atoms. The Morgan fingerprint density at radius 2 is 2.09 bits per heavy atom. The SMILES string of the molecule is CC(C)Cn1c(-c2ccc(P(=O)(O)O)o2)nc2ncccc21. The fraction of sp³-hybridized carbons (Fsp3) is 0.286. The molecule has 22 heavy (non-hydrogen) atoms. The van der Waals surface area contributed by atoms with Gasteiger partial charge in [0.25, 0.3) is 0 Å². The van der Waals surface area contributed by atoms with Crippen molar-refractivity contribution in [1.29, 1.82) is 0 Å². The fourth-order valence-corrected chi connectivity index (χ4v) is 2.79. The molecule has 0 aromatic carbocycles. The van der Waals surface area contributed by atoms with E-state index < -0.39 is 7.60 Å². The highest BCUT2D eigenvalue weighted by Crippen LogP contribution is 2.35. The predicted molar refractivity (Wildman–Crippen MR) is 81.7 cm³/mol. The molecule has 0 spiro atoms. The molecule has 0 aliphatic carbocycles. The molecule has 2 N–H and O–H groups in total. The molecule has 0 amide bonds. The topological polar surface area (TPSA) is 101 Å². The number of imidazole rings is 1. The maximum atomic E-state index is 11.3. The summed E-state index contributed by atoms with van der Waals surface area (Å²) < 4.78 is 18.5. The van der Waals surface area contributed by atoms with Gasteiger partial charge in [-0.1, -0.05) is 13.8 Å². The molecule has 3 heterocycles. The van der Waals surface area contributed by atoms with Crippen LogP contribution in [0.4, 0.5) is 0 Å². The second kappa shape index (κ2) is 5.35. The van der Waals surface area contributed by atoms with Gasteiger partial charge in [-0.3, -0.25) is 4.57 Å². The van der Waals surface area contributed by atoms with E-state index in [-0.39, 0.29) is 5.50 Å². The van der Waals surface area contributed by atoms with Crippen molar-refractivity contribution in [2.24, 2.45) is 5.92 Å². The highest BCUT2D eigenvalue weighted by molar-refractivity contribution is 7.59. The molecule has 8 heteroatoms. The van der Waals surface area contributed by atoms with E-state index in [1.54, 1.807) is 6.20 Å². The Morgan fingerprint density at radius 1 is 1.32 bits per heavy atom. The first-order valence-corrected chi connectivity index (χ1v) is 8.45. The first-order chi connectivity index (χ1) is 10.4. The van der Waals surface area contributed by atoms with E-state index in [0.717, 1.165) is 5.52 Å². The second-order valence-electron chi connectivity index (χ2n) is 5.47. The summed E-state index contributed by atoms with van der Waals surface area (Å²) in [5, 5.41) is 0. The van der Waals surface area contributed by atoms with Gasteiger partial charge in [0.2, 0.25) is 5.50 Å². The molecular formula is C14H16N3O4P. The zero-order valence-electron chi connectivity index (χ0n) is 12.2. The van der Waals surface area contributed by atoms with Crippen molar-refractivity contribution in [2.45, 2.75) is 20.4 Å². The van der Waals surface area contributed by atoms with Crippen LogP contribution in [0.15, 0.2) is 34.9 Å². The second-order valence-corrected chi connectivity index (χ2v) is 7.00. The monoisotopic (exact) mass is 321 g/mol. The summed E-state index contributed by atoms with van der Waals surface area (Å²) in [6.07, 6.45) is 1.65. The van der Waals surface area contributed by atoms with Crippen LogP contribution in [0.2, 0.25) is 0 Å². The third kappa shape index (κ3) is 2.70. The van der Waals surface area contributed by atoms with Gasteiger partial charge in [-0.2, -0.15) is 0 Å². The van der Waals surface area contributed by atoms with Gasteiger partial charge >= 0.3 is 7.60 Å². The summed E-state index contributed by atoms with van der Waals surface area (Å²) in [6, 6.07) is 6.54. The van der Waals surface area contributed by atoms with Crippen LogP contribution < -0.4 is 5.50 Å². The molecule has 116 valence electrons. The van der Waals surface area contributed by atoms with E-state index >= 15 is 0 Å². The molecule has 0 fully saturated rings. The average Bonchev–Trinajstić information content (AvgIpc) is 3.03. The van der Waals surface area contributed by atoms with Crippen LogP contribution in [-0.2, 0) is 11.1 Å². The Balaban J connectivity index is 2.17. The molecule has 0 unspecified atom stereocenters. The highest BCUT2D eigenvalue weighted by atomic mass is 31.2. The normalized spacial score (nSPS) is 12.4. The zero-order chi connectivity index (χ0) is 15.9. The van der Waals surface area contributed by atoms with Gasteiger partial charge in [0, 0.05) is 12.7 Å². The molecule has 3 aromatic rings. The predicted octanol–water partition coefficient (Wildman–Crippen LogP) is 2.15. The average molecular weight is 321 g/mol. The Kier molecular flexibility index (Phi) is 3.64. The minimum atomic E-state index is -4.41. The third-order valence-electron chi connectivity index (χ3n) is 3.17. The van der Waals surface area contributed by atoms with Crippen LogP contribution in [0.1, 0.15) is 13.8 Å². The summed E-state index contributed by atoms with van der Waals surface area (Å²) in [6.45, 7) is 4.86. The van der Waals surface area contributed by atoms with Crippen molar-refractivity contribution >= 4 is 24.3 Å². The van der Waals surface area contributed by atoms with Gasteiger partial charge in [-0.15, -0.1) is 0 Å². The van der Waals surface area contributed by atoms with Gasteiger partial charge < -0.3 is 18.8 Å².